The lowest BCUT2D eigenvalue weighted by Crippen LogP contribution is -2.17. The van der Waals surface area contributed by atoms with Gasteiger partial charge in [0.2, 0.25) is 34.8 Å². The number of esters is 2. The molecule has 0 fully saturated rings. The smallest absolute Gasteiger partial charge is 0.311 e. The van der Waals surface area contributed by atoms with Crippen LogP contribution in [0.1, 0.15) is 24.0 Å². The Labute approximate surface area is 174 Å². The number of rotatable bonds is 7. The van der Waals surface area contributed by atoms with Crippen molar-refractivity contribution < 1.29 is 54.2 Å². The fraction of sp³-hybridized carbons (Fsp3) is 0.100. The van der Waals surface area contributed by atoms with E-state index in [9.17, 15) is 44.7 Å². The summed E-state index contributed by atoms with van der Waals surface area (Å²) < 4.78 is 118. The molecular weight excluding hydrogens is 456 g/mol. The first kappa shape index (κ1) is 24.6. The van der Waals surface area contributed by atoms with Crippen LogP contribution in [0.3, 0.4) is 0 Å². The van der Waals surface area contributed by atoms with Crippen LogP contribution in [0.2, 0.25) is 0 Å². The van der Waals surface area contributed by atoms with Crippen LogP contribution >= 0.6 is 0 Å². The molecule has 170 valence electrons. The van der Waals surface area contributed by atoms with Gasteiger partial charge in [-0.3, -0.25) is 9.59 Å². The van der Waals surface area contributed by atoms with Crippen molar-refractivity contribution in [2.45, 2.75) is 12.8 Å². The first-order valence-electron chi connectivity index (χ1n) is 8.34. The fourth-order valence-corrected chi connectivity index (χ4v) is 2.33. The van der Waals surface area contributed by atoms with Crippen LogP contribution in [0.5, 0.6) is 11.5 Å². The van der Waals surface area contributed by atoms with Crippen molar-refractivity contribution >= 4 is 24.1 Å². The van der Waals surface area contributed by atoms with Gasteiger partial charge in [0.1, 0.15) is 0 Å². The highest BCUT2D eigenvalue weighted by molar-refractivity contribution is 5.80. The van der Waals surface area contributed by atoms with Crippen molar-refractivity contribution in [3.05, 3.63) is 70.8 Å². The minimum absolute atomic E-state index is 0.476. The van der Waals surface area contributed by atoms with Crippen LogP contribution in [-0.4, -0.2) is 11.9 Å². The molecule has 0 atom stereocenters. The van der Waals surface area contributed by atoms with Crippen molar-refractivity contribution in [3.63, 3.8) is 0 Å². The Hall–Kier alpha value is -3.70. The van der Waals surface area contributed by atoms with Crippen LogP contribution in [0.15, 0.2) is 13.2 Å². The van der Waals surface area contributed by atoms with Gasteiger partial charge in [-0.1, -0.05) is 25.3 Å². The van der Waals surface area contributed by atoms with Gasteiger partial charge in [-0.2, -0.15) is 17.6 Å². The fourth-order valence-electron chi connectivity index (χ4n) is 2.33. The zero-order chi connectivity index (χ0) is 24.3. The molecule has 4 nitrogen and oxygen atoms in total. The molecule has 0 radical (unpaired) electrons. The van der Waals surface area contributed by atoms with Gasteiger partial charge < -0.3 is 9.47 Å². The van der Waals surface area contributed by atoms with Crippen LogP contribution in [0.25, 0.3) is 12.2 Å². The van der Waals surface area contributed by atoms with Gasteiger partial charge in [0, 0.05) is 0 Å². The maximum Gasteiger partial charge on any atom is 0.311 e. The highest BCUT2D eigenvalue weighted by Gasteiger charge is 2.29. The van der Waals surface area contributed by atoms with Gasteiger partial charge in [0.15, 0.2) is 23.3 Å². The molecule has 12 heteroatoms. The Morgan fingerprint density at radius 1 is 0.562 bits per heavy atom. The van der Waals surface area contributed by atoms with Crippen molar-refractivity contribution in [1.29, 1.82) is 0 Å². The normalized spacial score (nSPS) is 10.6. The second-order valence-corrected chi connectivity index (χ2v) is 5.85. The van der Waals surface area contributed by atoms with Crippen LogP contribution in [0.4, 0.5) is 35.1 Å². The average Bonchev–Trinajstić information content (AvgIpc) is 2.76. The molecule has 0 heterocycles. The zero-order valence-electron chi connectivity index (χ0n) is 15.6. The molecule has 32 heavy (non-hydrogen) atoms. The SMILES string of the molecule is C=Cc1c(F)c(F)c(OC(=O)CCC(=O)Oc2c(F)c(F)c(C=C)c(F)c2F)c(F)c1F. The number of benzene rings is 2. The van der Waals surface area contributed by atoms with Crippen LogP contribution < -0.4 is 9.47 Å². The summed E-state index contributed by atoms with van der Waals surface area (Å²) in [7, 11) is 0. The number of hydrogen-bond donors (Lipinski definition) is 0. The Morgan fingerprint density at radius 2 is 0.812 bits per heavy atom. The predicted molar refractivity (Wildman–Crippen MR) is 93.2 cm³/mol. The third-order valence-electron chi connectivity index (χ3n) is 3.89. The monoisotopic (exact) mass is 466 g/mol. The molecule has 0 N–H and O–H groups in total. The van der Waals surface area contributed by atoms with E-state index in [1.807, 2.05) is 0 Å². The van der Waals surface area contributed by atoms with Gasteiger partial charge in [0.05, 0.1) is 24.0 Å². The highest BCUT2D eigenvalue weighted by Crippen LogP contribution is 2.32. The number of ether oxygens (including phenoxy) is 2. The lowest BCUT2D eigenvalue weighted by atomic mass is 10.1. The van der Waals surface area contributed by atoms with E-state index in [4.69, 9.17) is 0 Å². The van der Waals surface area contributed by atoms with Gasteiger partial charge in [-0.25, -0.2) is 17.6 Å². The van der Waals surface area contributed by atoms with E-state index in [1.54, 1.807) is 0 Å². The van der Waals surface area contributed by atoms with Crippen molar-refractivity contribution in [2.75, 3.05) is 0 Å². The Kier molecular flexibility index (Phi) is 7.39. The zero-order valence-corrected chi connectivity index (χ0v) is 15.6. The summed E-state index contributed by atoms with van der Waals surface area (Å²) in [6.07, 6.45) is -1.18. The first-order chi connectivity index (χ1) is 15.0. The molecule has 0 saturated heterocycles. The molecule has 0 aliphatic rings. The van der Waals surface area contributed by atoms with E-state index >= 15 is 0 Å². The minimum Gasteiger partial charge on any atom is -0.420 e. The summed E-state index contributed by atoms with van der Waals surface area (Å²) >= 11 is 0. The molecule has 2 aromatic carbocycles. The molecule has 0 saturated carbocycles. The summed E-state index contributed by atoms with van der Waals surface area (Å²) in [4.78, 5) is 23.3. The number of halogens is 8. The maximum atomic E-state index is 13.8. The molecule has 0 aromatic heterocycles. The molecule has 2 aromatic rings. The molecule has 0 amide bonds. The van der Waals surface area contributed by atoms with E-state index in [0.717, 1.165) is 0 Å². The highest BCUT2D eigenvalue weighted by atomic mass is 19.2. The molecule has 0 bridgehead atoms. The van der Waals surface area contributed by atoms with Gasteiger partial charge >= 0.3 is 11.9 Å². The van der Waals surface area contributed by atoms with Crippen molar-refractivity contribution in [1.82, 2.24) is 0 Å². The number of carbonyl (C=O) groups excluding carboxylic acids is 2. The Bertz CT molecular complexity index is 996. The molecule has 0 aliphatic carbocycles. The van der Waals surface area contributed by atoms with Gasteiger partial charge in [-0.05, 0) is 0 Å². The average molecular weight is 466 g/mol. The third kappa shape index (κ3) is 4.48. The minimum atomic E-state index is -2.06. The topological polar surface area (TPSA) is 52.6 Å². The third-order valence-corrected chi connectivity index (χ3v) is 3.89. The molecule has 0 unspecified atom stereocenters. The van der Waals surface area contributed by atoms with Gasteiger partial charge in [-0.15, -0.1) is 0 Å². The summed E-state index contributed by atoms with van der Waals surface area (Å²) in [5.41, 5.74) is -2.32. The van der Waals surface area contributed by atoms with E-state index in [0.29, 0.717) is 12.2 Å². The second kappa shape index (κ2) is 9.62. The van der Waals surface area contributed by atoms with E-state index < -0.39 is 93.9 Å². The quantitative estimate of drug-likeness (QED) is 0.238. The molecule has 2 rings (SSSR count). The molecule has 0 spiro atoms. The summed E-state index contributed by atoms with van der Waals surface area (Å²) in [6, 6.07) is 0. The molecular formula is C20H10F8O4. The van der Waals surface area contributed by atoms with Gasteiger partial charge in [0.25, 0.3) is 0 Å². The van der Waals surface area contributed by atoms with Crippen molar-refractivity contribution in [2.24, 2.45) is 0 Å². The predicted octanol–water partition coefficient (Wildman–Crippen LogP) is 5.38. The van der Waals surface area contributed by atoms with E-state index in [1.165, 1.54) is 0 Å². The summed E-state index contributed by atoms with van der Waals surface area (Å²) in [5, 5.41) is 0. The van der Waals surface area contributed by atoms with Crippen molar-refractivity contribution in [3.8, 4) is 11.5 Å². The summed E-state index contributed by atoms with van der Waals surface area (Å²) in [6.45, 7) is 5.93. The maximum absolute atomic E-state index is 13.8. The summed E-state index contributed by atoms with van der Waals surface area (Å²) in [5.74, 6) is -22.6. The van der Waals surface area contributed by atoms with E-state index in [-0.39, 0.29) is 0 Å². The van der Waals surface area contributed by atoms with Crippen LogP contribution in [0, 0.1) is 46.5 Å². The molecule has 0 aliphatic heterocycles. The number of hydrogen-bond acceptors (Lipinski definition) is 4. The standard InChI is InChI=1S/C20H10F8O4/c1-3-7-11(21)15(25)19(16(26)12(7)22)31-9(29)5-6-10(30)32-20-17(27)13(23)8(4-2)14(24)18(20)28/h3-4H,1-2,5-6H2. The van der Waals surface area contributed by atoms with Crippen LogP contribution in [-0.2, 0) is 9.59 Å². The number of carbonyl (C=O) groups is 2. The lowest BCUT2D eigenvalue weighted by Gasteiger charge is -2.11. The van der Waals surface area contributed by atoms with E-state index in [2.05, 4.69) is 22.6 Å². The largest absolute Gasteiger partial charge is 0.420 e. The Balaban J connectivity index is 2.14. The second-order valence-electron chi connectivity index (χ2n) is 5.85. The lowest BCUT2D eigenvalue weighted by molar-refractivity contribution is -0.141. The first-order valence-corrected chi connectivity index (χ1v) is 8.34. The Morgan fingerprint density at radius 3 is 1.03 bits per heavy atom.